The third-order valence-electron chi connectivity index (χ3n) is 6.19. The Balaban J connectivity index is 0.00000248. The Labute approximate surface area is 244 Å². The van der Waals surface area contributed by atoms with Crippen LogP contribution in [0.25, 0.3) is 11.1 Å². The molecular weight excluding hydrogens is 569 g/mol. The number of nitrogens with zero attached hydrogens (tertiary/aromatic N) is 1. The fourth-order valence-electron chi connectivity index (χ4n) is 4.29. The van der Waals surface area contributed by atoms with Crippen LogP contribution in [0.5, 0.6) is 0 Å². The van der Waals surface area contributed by atoms with E-state index >= 15 is 0 Å². The summed E-state index contributed by atoms with van der Waals surface area (Å²) in [7, 11) is 1.50. The SMILES string of the molecule is CN.N=C(c1ccccc1NCC(=O)NC(Cc1cccc(F)c1)c1ncccc1-c1ccc(F)c(C=O)c1)C(F)(F)F. The van der Waals surface area contributed by atoms with Crippen molar-refractivity contribution >= 4 is 23.6 Å². The number of benzene rings is 3. The van der Waals surface area contributed by atoms with Crippen molar-refractivity contribution in [3.63, 3.8) is 0 Å². The molecule has 0 spiro atoms. The summed E-state index contributed by atoms with van der Waals surface area (Å²) in [4.78, 5) is 28.8. The molecule has 12 heteroatoms. The maximum absolute atomic E-state index is 14.0. The molecular formula is C31H28F5N5O2. The Morgan fingerprint density at radius 2 is 1.74 bits per heavy atom. The molecule has 4 rings (SSSR count). The molecule has 0 aliphatic heterocycles. The Morgan fingerprint density at radius 3 is 2.44 bits per heavy atom. The number of para-hydroxylation sites is 1. The first-order chi connectivity index (χ1) is 20.6. The highest BCUT2D eigenvalue weighted by atomic mass is 19.4. The van der Waals surface area contributed by atoms with Crippen molar-refractivity contribution in [1.29, 1.82) is 5.41 Å². The number of carbonyl (C=O) groups excluding carboxylic acids is 2. The highest BCUT2D eigenvalue weighted by Crippen LogP contribution is 2.30. The summed E-state index contributed by atoms with van der Waals surface area (Å²) in [5, 5.41) is 12.9. The second-order valence-electron chi connectivity index (χ2n) is 9.02. The van der Waals surface area contributed by atoms with Gasteiger partial charge in [-0.3, -0.25) is 20.0 Å². The number of nitrogens with two attached hydrogens (primary N) is 1. The smallest absolute Gasteiger partial charge is 0.376 e. The zero-order valence-electron chi connectivity index (χ0n) is 22.9. The molecule has 1 aromatic heterocycles. The van der Waals surface area contributed by atoms with Gasteiger partial charge in [0, 0.05) is 23.0 Å². The van der Waals surface area contributed by atoms with Crippen LogP contribution in [0.2, 0.25) is 0 Å². The van der Waals surface area contributed by atoms with Gasteiger partial charge in [-0.2, -0.15) is 13.2 Å². The molecule has 1 unspecified atom stereocenters. The second kappa shape index (κ2) is 14.8. The average Bonchev–Trinajstić information content (AvgIpc) is 3.00. The lowest BCUT2D eigenvalue weighted by Crippen LogP contribution is -2.35. The fourth-order valence-corrected chi connectivity index (χ4v) is 4.29. The van der Waals surface area contributed by atoms with E-state index in [1.165, 1.54) is 61.8 Å². The van der Waals surface area contributed by atoms with E-state index in [4.69, 9.17) is 5.41 Å². The van der Waals surface area contributed by atoms with Gasteiger partial charge in [0.15, 0.2) is 6.29 Å². The molecule has 1 heterocycles. The third kappa shape index (κ3) is 8.52. The van der Waals surface area contributed by atoms with Crippen molar-refractivity contribution < 1.29 is 31.5 Å². The first-order valence-corrected chi connectivity index (χ1v) is 12.9. The Kier molecular flexibility index (Phi) is 11.2. The average molecular weight is 598 g/mol. The molecule has 4 aromatic rings. The summed E-state index contributed by atoms with van der Waals surface area (Å²) >= 11 is 0. The molecule has 0 saturated heterocycles. The van der Waals surface area contributed by atoms with E-state index in [9.17, 15) is 31.5 Å². The van der Waals surface area contributed by atoms with Gasteiger partial charge in [0.1, 0.15) is 17.3 Å². The van der Waals surface area contributed by atoms with Crippen LogP contribution in [0, 0.1) is 17.0 Å². The van der Waals surface area contributed by atoms with Gasteiger partial charge in [0.2, 0.25) is 5.91 Å². The summed E-state index contributed by atoms with van der Waals surface area (Å²) < 4.78 is 67.4. The molecule has 0 radical (unpaired) electrons. The molecule has 3 aromatic carbocycles. The number of pyridine rings is 1. The molecule has 1 atom stereocenters. The van der Waals surface area contributed by atoms with Crippen molar-refractivity contribution in [2.45, 2.75) is 18.6 Å². The van der Waals surface area contributed by atoms with E-state index < -0.39 is 47.6 Å². The largest absolute Gasteiger partial charge is 0.433 e. The van der Waals surface area contributed by atoms with E-state index in [2.05, 4.69) is 21.4 Å². The standard InChI is InChI=1S/C30H23F5N4O2.CH5N/c31-21-6-3-5-18(13-21)14-26(28-22(8-4-12-37-28)19-10-11-24(32)20(15-19)17-40)39-27(41)16-38-25-9-2-1-7-23(25)29(36)30(33,34)35;1-2/h1-13,15,17,26,36,38H,14,16H2,(H,39,41);2H2,1H3. The topological polar surface area (TPSA) is 121 Å². The van der Waals surface area contributed by atoms with Crippen LogP contribution in [-0.2, 0) is 11.2 Å². The summed E-state index contributed by atoms with van der Waals surface area (Å²) in [6.07, 6.45) is -2.94. The lowest BCUT2D eigenvalue weighted by Gasteiger charge is -2.22. The predicted molar refractivity (Wildman–Crippen MR) is 154 cm³/mol. The van der Waals surface area contributed by atoms with Gasteiger partial charge >= 0.3 is 6.18 Å². The molecule has 1 amide bonds. The molecule has 7 nitrogen and oxygen atoms in total. The van der Waals surface area contributed by atoms with Gasteiger partial charge in [0.25, 0.3) is 0 Å². The van der Waals surface area contributed by atoms with Crippen LogP contribution in [-0.4, -0.2) is 42.7 Å². The van der Waals surface area contributed by atoms with Crippen LogP contribution >= 0.6 is 0 Å². The number of amides is 1. The number of aromatic nitrogens is 1. The number of hydrogen-bond acceptors (Lipinski definition) is 6. The first kappa shape index (κ1) is 32.5. The Morgan fingerprint density at radius 1 is 1.00 bits per heavy atom. The van der Waals surface area contributed by atoms with Crippen LogP contribution in [0.4, 0.5) is 27.6 Å². The van der Waals surface area contributed by atoms with Gasteiger partial charge < -0.3 is 16.4 Å². The molecule has 0 bridgehead atoms. The minimum atomic E-state index is -4.88. The van der Waals surface area contributed by atoms with Gasteiger partial charge in [-0.15, -0.1) is 0 Å². The minimum absolute atomic E-state index is 0.0575. The Hall–Kier alpha value is -4.97. The molecule has 0 aliphatic rings. The normalized spacial score (nSPS) is 11.5. The lowest BCUT2D eigenvalue weighted by molar-refractivity contribution is -0.120. The summed E-state index contributed by atoms with van der Waals surface area (Å²) in [5.74, 6) is -1.82. The van der Waals surface area contributed by atoms with Gasteiger partial charge in [0.05, 0.1) is 23.8 Å². The number of nitrogens with one attached hydrogen (secondary N) is 3. The number of hydrogen-bond donors (Lipinski definition) is 4. The van der Waals surface area contributed by atoms with E-state index in [1.807, 2.05) is 0 Å². The zero-order valence-corrected chi connectivity index (χ0v) is 22.9. The van der Waals surface area contributed by atoms with E-state index in [1.54, 1.807) is 18.2 Å². The van der Waals surface area contributed by atoms with E-state index in [0.717, 1.165) is 12.1 Å². The van der Waals surface area contributed by atoms with E-state index in [0.29, 0.717) is 28.7 Å². The highest BCUT2D eigenvalue weighted by Gasteiger charge is 2.36. The van der Waals surface area contributed by atoms with Crippen molar-refractivity contribution in [1.82, 2.24) is 10.3 Å². The van der Waals surface area contributed by atoms with Crippen LogP contribution in [0.3, 0.4) is 0 Å². The predicted octanol–water partition coefficient (Wildman–Crippen LogP) is 5.86. The van der Waals surface area contributed by atoms with Crippen molar-refractivity contribution in [3.8, 4) is 11.1 Å². The fraction of sp³-hybridized carbons (Fsp3) is 0.161. The molecule has 0 fully saturated rings. The summed E-state index contributed by atoms with van der Waals surface area (Å²) in [5.41, 5.74) is 4.09. The number of carbonyl (C=O) groups is 2. The molecule has 0 saturated carbocycles. The summed E-state index contributed by atoms with van der Waals surface area (Å²) in [6.45, 7) is -0.449. The third-order valence-corrected chi connectivity index (χ3v) is 6.19. The monoisotopic (exact) mass is 597 g/mol. The minimum Gasteiger partial charge on any atom is -0.376 e. The van der Waals surface area contributed by atoms with Gasteiger partial charge in [-0.25, -0.2) is 8.78 Å². The number of aldehydes is 1. The molecule has 224 valence electrons. The quantitative estimate of drug-likeness (QED) is 0.104. The molecule has 5 N–H and O–H groups in total. The number of rotatable bonds is 10. The van der Waals surface area contributed by atoms with Crippen LogP contribution < -0.4 is 16.4 Å². The molecule has 43 heavy (non-hydrogen) atoms. The maximum atomic E-state index is 14.0. The van der Waals surface area contributed by atoms with E-state index in [-0.39, 0.29) is 17.7 Å². The van der Waals surface area contributed by atoms with Crippen molar-refractivity contribution in [2.24, 2.45) is 5.73 Å². The number of anilines is 1. The first-order valence-electron chi connectivity index (χ1n) is 12.9. The highest BCUT2D eigenvalue weighted by molar-refractivity contribution is 6.06. The van der Waals surface area contributed by atoms with Crippen molar-refractivity contribution in [2.75, 3.05) is 18.9 Å². The molecule has 0 aliphatic carbocycles. The maximum Gasteiger partial charge on any atom is 0.433 e. The number of alkyl halides is 3. The van der Waals surface area contributed by atoms with Crippen LogP contribution in [0.1, 0.15) is 33.2 Å². The summed E-state index contributed by atoms with van der Waals surface area (Å²) in [6, 6.07) is 17.4. The van der Waals surface area contributed by atoms with Gasteiger partial charge in [-0.05, 0) is 61.0 Å². The Bertz CT molecular complexity index is 1590. The van der Waals surface area contributed by atoms with Crippen molar-refractivity contribution in [3.05, 3.63) is 119 Å². The lowest BCUT2D eigenvalue weighted by atomic mass is 9.94. The second-order valence-corrected chi connectivity index (χ2v) is 9.02. The number of halogens is 5. The zero-order chi connectivity index (χ0) is 31.6. The van der Waals surface area contributed by atoms with Crippen LogP contribution in [0.15, 0.2) is 85.1 Å². The van der Waals surface area contributed by atoms with Gasteiger partial charge in [-0.1, -0.05) is 42.5 Å².